The van der Waals surface area contributed by atoms with Crippen LogP contribution in [-0.2, 0) is 4.79 Å². The maximum Gasteiger partial charge on any atom is 0.257 e. The zero-order valence-electron chi connectivity index (χ0n) is 10.8. The molecule has 4 heteroatoms. The van der Waals surface area contributed by atoms with Crippen LogP contribution in [0.15, 0.2) is 54.6 Å². The van der Waals surface area contributed by atoms with Crippen LogP contribution in [0.2, 0.25) is 0 Å². The van der Waals surface area contributed by atoms with Crippen LogP contribution in [0.1, 0.15) is 11.6 Å². The van der Waals surface area contributed by atoms with E-state index in [0.29, 0.717) is 0 Å². The van der Waals surface area contributed by atoms with Gasteiger partial charge >= 0.3 is 0 Å². The second-order valence-electron chi connectivity index (χ2n) is 4.41. The first kappa shape index (κ1) is 13.3. The van der Waals surface area contributed by atoms with E-state index in [9.17, 15) is 4.79 Å². The molecule has 2 aromatic carbocycles. The number of hydrogen-bond donors (Lipinski definition) is 2. The molecule has 19 heavy (non-hydrogen) atoms. The fraction of sp³-hybridized carbons (Fsp3) is 0.133. The van der Waals surface area contributed by atoms with Gasteiger partial charge in [-0.3, -0.25) is 9.80 Å². The molecule has 0 aromatic heterocycles. The number of hydrogen-bond acceptors (Lipinski definition) is 3. The van der Waals surface area contributed by atoms with Crippen LogP contribution in [0.5, 0.6) is 0 Å². The molecule has 1 unspecified atom stereocenters. The summed E-state index contributed by atoms with van der Waals surface area (Å²) in [6, 6.07) is 16.9. The number of hydrazine groups is 1. The van der Waals surface area contributed by atoms with Gasteiger partial charge in [-0.2, -0.15) is 0 Å². The number of nitrogens with zero attached hydrogens (tertiary/aromatic N) is 1. The van der Waals surface area contributed by atoms with Crippen molar-refractivity contribution in [3.63, 3.8) is 0 Å². The van der Waals surface area contributed by atoms with Crippen LogP contribution in [0.25, 0.3) is 11.1 Å². The van der Waals surface area contributed by atoms with Gasteiger partial charge < -0.3 is 5.73 Å². The van der Waals surface area contributed by atoms with E-state index in [0.717, 1.165) is 21.7 Å². The zero-order chi connectivity index (χ0) is 13.8. The molecule has 4 nitrogen and oxygen atoms in total. The van der Waals surface area contributed by atoms with Crippen LogP contribution < -0.4 is 11.6 Å². The zero-order valence-corrected chi connectivity index (χ0v) is 10.8. The number of benzene rings is 2. The van der Waals surface area contributed by atoms with Gasteiger partial charge in [0.15, 0.2) is 0 Å². The van der Waals surface area contributed by atoms with E-state index < -0.39 is 6.04 Å². The Morgan fingerprint density at radius 2 is 1.53 bits per heavy atom. The Kier molecular flexibility index (Phi) is 3.94. The summed E-state index contributed by atoms with van der Waals surface area (Å²) in [7, 11) is 1.49. The van der Waals surface area contributed by atoms with E-state index in [2.05, 4.69) is 0 Å². The molecule has 0 spiro atoms. The van der Waals surface area contributed by atoms with Crippen LogP contribution in [0.4, 0.5) is 0 Å². The van der Waals surface area contributed by atoms with Crippen molar-refractivity contribution >= 4 is 5.91 Å². The summed E-state index contributed by atoms with van der Waals surface area (Å²) < 4.78 is 0. The second kappa shape index (κ2) is 5.65. The molecule has 0 radical (unpaired) electrons. The molecular weight excluding hydrogens is 238 g/mol. The minimum absolute atomic E-state index is 0.313. The summed E-state index contributed by atoms with van der Waals surface area (Å²) in [4.78, 5) is 11.7. The first-order valence-corrected chi connectivity index (χ1v) is 6.03. The second-order valence-corrected chi connectivity index (χ2v) is 4.41. The maximum absolute atomic E-state index is 11.7. The predicted molar refractivity (Wildman–Crippen MR) is 75.8 cm³/mol. The van der Waals surface area contributed by atoms with Gasteiger partial charge in [-0.1, -0.05) is 54.6 Å². The molecule has 0 saturated heterocycles. The van der Waals surface area contributed by atoms with E-state index in [1.165, 1.54) is 7.05 Å². The van der Waals surface area contributed by atoms with Gasteiger partial charge in [-0.05, 0) is 16.7 Å². The summed E-state index contributed by atoms with van der Waals surface area (Å²) in [5, 5.41) is 1.01. The Balaban J connectivity index is 2.22. The van der Waals surface area contributed by atoms with E-state index in [1.54, 1.807) is 0 Å². The molecule has 2 rings (SSSR count). The SMILES string of the molecule is CN(N)C(=O)C(N)c1ccc(-c2ccccc2)cc1. The third kappa shape index (κ3) is 2.99. The highest BCUT2D eigenvalue weighted by Crippen LogP contribution is 2.21. The highest BCUT2D eigenvalue weighted by atomic mass is 16.2. The Hall–Kier alpha value is -2.17. The fourth-order valence-electron chi connectivity index (χ4n) is 1.88. The van der Waals surface area contributed by atoms with Crippen LogP contribution in [0, 0.1) is 0 Å². The normalized spacial score (nSPS) is 11.9. The third-order valence-electron chi connectivity index (χ3n) is 2.99. The average molecular weight is 255 g/mol. The summed E-state index contributed by atoms with van der Waals surface area (Å²) in [5.74, 6) is 5.09. The van der Waals surface area contributed by atoms with Crippen LogP contribution in [-0.4, -0.2) is 18.0 Å². The molecule has 0 aliphatic carbocycles. The maximum atomic E-state index is 11.7. The molecule has 0 heterocycles. The summed E-state index contributed by atoms with van der Waals surface area (Å²) >= 11 is 0. The minimum Gasteiger partial charge on any atom is -0.316 e. The van der Waals surface area contributed by atoms with E-state index in [4.69, 9.17) is 11.6 Å². The number of amides is 1. The quantitative estimate of drug-likeness (QED) is 0.498. The Morgan fingerprint density at radius 3 is 2.05 bits per heavy atom. The number of nitrogens with two attached hydrogens (primary N) is 2. The van der Waals surface area contributed by atoms with Crippen molar-refractivity contribution in [2.75, 3.05) is 7.05 Å². The van der Waals surface area contributed by atoms with Crippen molar-refractivity contribution < 1.29 is 4.79 Å². The molecule has 0 fully saturated rings. The lowest BCUT2D eigenvalue weighted by Gasteiger charge is -2.16. The predicted octanol–water partition coefficient (Wildman–Crippen LogP) is 1.69. The van der Waals surface area contributed by atoms with Gasteiger partial charge in [0.25, 0.3) is 5.91 Å². The number of rotatable bonds is 3. The highest BCUT2D eigenvalue weighted by Gasteiger charge is 2.17. The molecule has 1 amide bonds. The van der Waals surface area contributed by atoms with E-state index in [-0.39, 0.29) is 5.91 Å². The molecule has 2 aromatic rings. The van der Waals surface area contributed by atoms with Crippen LogP contribution >= 0.6 is 0 Å². The molecule has 98 valence electrons. The minimum atomic E-state index is -0.722. The number of carbonyl (C=O) groups excluding carboxylic acids is 1. The number of likely N-dealkylation sites (N-methyl/N-ethyl adjacent to an activating group) is 1. The van der Waals surface area contributed by atoms with Crippen molar-refractivity contribution in [2.24, 2.45) is 11.6 Å². The lowest BCUT2D eigenvalue weighted by Crippen LogP contribution is -2.40. The van der Waals surface area contributed by atoms with E-state index in [1.807, 2.05) is 54.6 Å². The van der Waals surface area contributed by atoms with Crippen molar-refractivity contribution in [3.8, 4) is 11.1 Å². The molecule has 0 aliphatic heterocycles. The van der Waals surface area contributed by atoms with Gasteiger partial charge in [0.2, 0.25) is 0 Å². The molecular formula is C15H17N3O. The largest absolute Gasteiger partial charge is 0.316 e. The Bertz CT molecular complexity index is 549. The third-order valence-corrected chi connectivity index (χ3v) is 2.99. The monoisotopic (exact) mass is 255 g/mol. The average Bonchev–Trinajstić information content (AvgIpc) is 2.46. The summed E-state index contributed by atoms with van der Waals surface area (Å²) in [5.41, 5.74) is 8.83. The Labute approximate surface area is 112 Å². The smallest absolute Gasteiger partial charge is 0.257 e. The lowest BCUT2D eigenvalue weighted by atomic mass is 10.0. The highest BCUT2D eigenvalue weighted by molar-refractivity contribution is 5.82. The van der Waals surface area contributed by atoms with E-state index >= 15 is 0 Å². The van der Waals surface area contributed by atoms with Crippen molar-refractivity contribution in [1.82, 2.24) is 5.01 Å². The summed E-state index contributed by atoms with van der Waals surface area (Å²) in [6.45, 7) is 0. The van der Waals surface area contributed by atoms with Crippen molar-refractivity contribution in [2.45, 2.75) is 6.04 Å². The van der Waals surface area contributed by atoms with Gasteiger partial charge in [0.05, 0.1) is 0 Å². The van der Waals surface area contributed by atoms with Gasteiger partial charge in [0.1, 0.15) is 6.04 Å². The molecule has 0 bridgehead atoms. The molecule has 0 saturated carbocycles. The number of carbonyl (C=O) groups is 1. The van der Waals surface area contributed by atoms with Gasteiger partial charge in [0, 0.05) is 7.05 Å². The van der Waals surface area contributed by atoms with Crippen molar-refractivity contribution in [3.05, 3.63) is 60.2 Å². The molecule has 4 N–H and O–H groups in total. The molecule has 1 atom stereocenters. The summed E-state index contributed by atoms with van der Waals surface area (Å²) in [6.07, 6.45) is 0. The van der Waals surface area contributed by atoms with Crippen LogP contribution in [0.3, 0.4) is 0 Å². The van der Waals surface area contributed by atoms with Crippen molar-refractivity contribution in [1.29, 1.82) is 0 Å². The standard InChI is InChI=1S/C15H17N3O/c1-18(17)15(19)14(16)13-9-7-12(8-10-13)11-5-3-2-4-6-11/h2-10,14H,16-17H2,1H3. The lowest BCUT2D eigenvalue weighted by molar-refractivity contribution is -0.131. The first-order valence-electron chi connectivity index (χ1n) is 6.03. The first-order chi connectivity index (χ1) is 9.09. The van der Waals surface area contributed by atoms with Gasteiger partial charge in [-0.15, -0.1) is 0 Å². The topological polar surface area (TPSA) is 72.3 Å². The van der Waals surface area contributed by atoms with Gasteiger partial charge in [-0.25, -0.2) is 5.84 Å². The fourth-order valence-corrected chi connectivity index (χ4v) is 1.88. The molecule has 0 aliphatic rings. The Morgan fingerprint density at radius 1 is 1.00 bits per heavy atom.